The van der Waals surface area contributed by atoms with Crippen LogP contribution in [0, 0.1) is 27.7 Å². The first kappa shape index (κ1) is 28.7. The molecule has 0 radical (unpaired) electrons. The van der Waals surface area contributed by atoms with E-state index < -0.39 is 12.1 Å². The zero-order valence-electron chi connectivity index (χ0n) is 24.1. The van der Waals surface area contributed by atoms with Crippen LogP contribution in [0.5, 0.6) is 11.5 Å². The maximum atomic E-state index is 12.4. The van der Waals surface area contributed by atoms with Crippen molar-refractivity contribution in [3.8, 4) is 22.6 Å². The quantitative estimate of drug-likeness (QED) is 0.245. The molecular formula is C33H40O6. The van der Waals surface area contributed by atoms with E-state index in [1.165, 1.54) is 0 Å². The van der Waals surface area contributed by atoms with Crippen molar-refractivity contribution in [2.24, 2.45) is 0 Å². The molecule has 0 aliphatic carbocycles. The third-order valence-corrected chi connectivity index (χ3v) is 6.88. The van der Waals surface area contributed by atoms with E-state index in [1.807, 2.05) is 26.0 Å². The van der Waals surface area contributed by atoms with Crippen LogP contribution < -0.4 is 9.47 Å². The molecule has 4 rings (SSSR count). The number of aliphatic hydroxyl groups excluding tert-OH is 1. The first-order valence-corrected chi connectivity index (χ1v) is 13.5. The van der Waals surface area contributed by atoms with E-state index in [4.69, 9.17) is 18.9 Å². The summed E-state index contributed by atoms with van der Waals surface area (Å²) in [6.07, 6.45) is -0.724. The Balaban J connectivity index is 1.34. The van der Waals surface area contributed by atoms with Crippen molar-refractivity contribution in [2.45, 2.75) is 66.1 Å². The number of esters is 1. The molecule has 0 amide bonds. The molecule has 39 heavy (non-hydrogen) atoms. The Morgan fingerprint density at radius 1 is 0.872 bits per heavy atom. The Bertz CT molecular complexity index is 1270. The molecule has 1 aliphatic rings. The number of aryl methyl sites for hydroxylation is 4. The van der Waals surface area contributed by atoms with Crippen molar-refractivity contribution in [1.29, 1.82) is 0 Å². The Labute approximate surface area is 231 Å². The van der Waals surface area contributed by atoms with Crippen LogP contribution in [-0.4, -0.2) is 49.7 Å². The van der Waals surface area contributed by atoms with E-state index in [0.717, 1.165) is 57.1 Å². The highest BCUT2D eigenvalue weighted by molar-refractivity contribution is 5.89. The second kappa shape index (κ2) is 11.8. The van der Waals surface area contributed by atoms with Crippen molar-refractivity contribution in [3.05, 3.63) is 81.9 Å². The lowest BCUT2D eigenvalue weighted by Crippen LogP contribution is -2.25. The molecule has 0 saturated carbocycles. The van der Waals surface area contributed by atoms with Gasteiger partial charge in [-0.3, -0.25) is 0 Å². The lowest BCUT2D eigenvalue weighted by molar-refractivity contribution is 0.0128. The summed E-state index contributed by atoms with van der Waals surface area (Å²) >= 11 is 0. The highest BCUT2D eigenvalue weighted by Gasteiger charge is 2.24. The number of hydrogen-bond donors (Lipinski definition) is 1. The van der Waals surface area contributed by atoms with Gasteiger partial charge in [-0.25, -0.2) is 4.79 Å². The molecule has 6 heteroatoms. The molecule has 2 atom stereocenters. The van der Waals surface area contributed by atoms with E-state index >= 15 is 0 Å². The number of ether oxygens (including phenoxy) is 4. The molecular weight excluding hydrogens is 492 g/mol. The average Bonchev–Trinajstić information content (AvgIpc) is 3.70. The highest BCUT2D eigenvalue weighted by atomic mass is 16.6. The fraction of sp³-hybridized carbons (Fsp3) is 0.424. The van der Waals surface area contributed by atoms with Gasteiger partial charge >= 0.3 is 5.97 Å². The van der Waals surface area contributed by atoms with Crippen LogP contribution in [0.1, 0.15) is 58.9 Å². The van der Waals surface area contributed by atoms with Crippen LogP contribution in [-0.2, 0) is 14.9 Å². The summed E-state index contributed by atoms with van der Waals surface area (Å²) in [5.41, 5.74) is 7.92. The molecule has 3 aromatic rings. The fourth-order valence-electron chi connectivity index (χ4n) is 4.62. The zero-order chi connectivity index (χ0) is 28.3. The molecule has 1 fully saturated rings. The van der Waals surface area contributed by atoms with E-state index in [2.05, 4.69) is 58.9 Å². The summed E-state index contributed by atoms with van der Waals surface area (Å²) in [6.45, 7) is 15.7. The van der Waals surface area contributed by atoms with E-state index in [-0.39, 0.29) is 24.7 Å². The number of benzene rings is 3. The molecule has 2 unspecified atom stereocenters. The first-order valence-electron chi connectivity index (χ1n) is 13.5. The smallest absolute Gasteiger partial charge is 0.338 e. The summed E-state index contributed by atoms with van der Waals surface area (Å²) in [7, 11) is 0. The third kappa shape index (κ3) is 7.40. The van der Waals surface area contributed by atoms with Crippen molar-refractivity contribution in [2.75, 3.05) is 26.4 Å². The van der Waals surface area contributed by atoms with Crippen LogP contribution in [0.3, 0.4) is 0 Å². The average molecular weight is 533 g/mol. The summed E-state index contributed by atoms with van der Waals surface area (Å²) in [5, 5.41) is 10.4. The summed E-state index contributed by atoms with van der Waals surface area (Å²) in [5.74, 6) is 1.17. The third-order valence-electron chi connectivity index (χ3n) is 6.88. The van der Waals surface area contributed by atoms with Crippen molar-refractivity contribution >= 4 is 5.97 Å². The number of aliphatic hydroxyl groups is 1. The molecule has 6 nitrogen and oxygen atoms in total. The van der Waals surface area contributed by atoms with Gasteiger partial charge in [0, 0.05) is 0 Å². The van der Waals surface area contributed by atoms with Gasteiger partial charge in [-0.05, 0) is 108 Å². The van der Waals surface area contributed by atoms with Crippen LogP contribution in [0.15, 0.2) is 48.5 Å². The predicted molar refractivity (Wildman–Crippen MR) is 153 cm³/mol. The molecule has 1 saturated heterocycles. The van der Waals surface area contributed by atoms with E-state index in [1.54, 1.807) is 12.1 Å². The summed E-state index contributed by atoms with van der Waals surface area (Å²) in [6, 6.07) is 15.8. The number of rotatable bonds is 10. The standard InChI is InChI=1S/C33H40O6/c1-20-12-25(26-14-22(3)31(23(4)15-26)38-19-29-18-36-29)13-21(2)30(20)37-16-28(34)17-39-32(35)24-8-10-27(11-9-24)33(5,6)7/h8-15,28-29,34H,16-19H2,1-7H3. The Kier molecular flexibility index (Phi) is 8.67. The Morgan fingerprint density at radius 3 is 1.82 bits per heavy atom. The summed E-state index contributed by atoms with van der Waals surface area (Å²) < 4.78 is 22.5. The van der Waals surface area contributed by atoms with Crippen LogP contribution in [0.25, 0.3) is 11.1 Å². The second-order valence-electron chi connectivity index (χ2n) is 11.5. The fourth-order valence-corrected chi connectivity index (χ4v) is 4.62. The molecule has 0 aromatic heterocycles. The normalized spacial score (nSPS) is 15.5. The van der Waals surface area contributed by atoms with E-state index in [0.29, 0.717) is 12.2 Å². The maximum Gasteiger partial charge on any atom is 0.338 e. The minimum Gasteiger partial charge on any atom is -0.490 e. The second-order valence-corrected chi connectivity index (χ2v) is 11.5. The molecule has 1 heterocycles. The minimum absolute atomic E-state index is 0.00711. The van der Waals surface area contributed by atoms with Gasteiger partial charge in [-0.1, -0.05) is 32.9 Å². The van der Waals surface area contributed by atoms with Crippen molar-refractivity contribution in [1.82, 2.24) is 0 Å². The molecule has 3 aromatic carbocycles. The zero-order valence-corrected chi connectivity index (χ0v) is 24.1. The lowest BCUT2D eigenvalue weighted by atomic mass is 9.87. The number of carbonyl (C=O) groups is 1. The SMILES string of the molecule is Cc1cc(-c2cc(C)c(OCC3CO3)c(C)c2)cc(C)c1OCC(O)COC(=O)c1ccc(C(C)(C)C)cc1. The maximum absolute atomic E-state index is 12.4. The molecule has 0 bridgehead atoms. The molecule has 0 spiro atoms. The molecule has 1 N–H and O–H groups in total. The minimum atomic E-state index is -0.944. The van der Waals surface area contributed by atoms with Gasteiger partial charge in [0.25, 0.3) is 0 Å². The monoisotopic (exact) mass is 532 g/mol. The first-order chi connectivity index (χ1) is 18.4. The molecule has 1 aliphatic heterocycles. The van der Waals surface area contributed by atoms with Gasteiger partial charge in [-0.15, -0.1) is 0 Å². The van der Waals surface area contributed by atoms with Crippen molar-refractivity contribution in [3.63, 3.8) is 0 Å². The topological polar surface area (TPSA) is 77.5 Å². The predicted octanol–water partition coefficient (Wildman–Crippen LogP) is 6.26. The van der Waals surface area contributed by atoms with Crippen LogP contribution in [0.2, 0.25) is 0 Å². The molecule has 208 valence electrons. The van der Waals surface area contributed by atoms with Crippen molar-refractivity contribution < 1.29 is 28.8 Å². The van der Waals surface area contributed by atoms with E-state index in [9.17, 15) is 9.90 Å². The van der Waals surface area contributed by atoms with Gasteiger partial charge in [0.1, 0.15) is 43.5 Å². The summed E-state index contributed by atoms with van der Waals surface area (Å²) in [4.78, 5) is 12.4. The van der Waals surface area contributed by atoms with Gasteiger partial charge in [0.2, 0.25) is 0 Å². The Morgan fingerprint density at radius 2 is 1.36 bits per heavy atom. The van der Waals surface area contributed by atoms with Crippen LogP contribution >= 0.6 is 0 Å². The number of hydrogen-bond acceptors (Lipinski definition) is 6. The number of epoxide rings is 1. The lowest BCUT2D eigenvalue weighted by Gasteiger charge is -2.19. The highest BCUT2D eigenvalue weighted by Crippen LogP contribution is 2.34. The van der Waals surface area contributed by atoms with Gasteiger partial charge in [0.15, 0.2) is 0 Å². The number of carbonyl (C=O) groups excluding carboxylic acids is 1. The van der Waals surface area contributed by atoms with Gasteiger partial charge < -0.3 is 24.1 Å². The Hall–Kier alpha value is -3.35. The van der Waals surface area contributed by atoms with Gasteiger partial charge in [0.05, 0.1) is 12.2 Å². The largest absolute Gasteiger partial charge is 0.490 e. The van der Waals surface area contributed by atoms with Crippen LogP contribution in [0.4, 0.5) is 0 Å². The van der Waals surface area contributed by atoms with Gasteiger partial charge in [-0.2, -0.15) is 0 Å².